The Kier molecular flexibility index (Phi) is 4.06. The summed E-state index contributed by atoms with van der Waals surface area (Å²) in [6, 6.07) is 9.33. The summed E-state index contributed by atoms with van der Waals surface area (Å²) in [6.07, 6.45) is 3.00. The molecule has 2 aromatic heterocycles. The Hall–Kier alpha value is -2.24. The second-order valence-corrected chi connectivity index (χ2v) is 7.01. The second kappa shape index (κ2) is 6.24. The van der Waals surface area contributed by atoms with Crippen molar-refractivity contribution in [3.63, 3.8) is 0 Å². The van der Waals surface area contributed by atoms with Gasteiger partial charge in [0.05, 0.1) is 0 Å². The third kappa shape index (κ3) is 3.05. The van der Waals surface area contributed by atoms with Gasteiger partial charge in [-0.1, -0.05) is 0 Å². The van der Waals surface area contributed by atoms with Gasteiger partial charge in [-0.05, 0) is 68.9 Å². The van der Waals surface area contributed by atoms with Crippen molar-refractivity contribution in [1.29, 1.82) is 0 Å². The minimum Gasteiger partial charge on any atom is -0.461 e. The summed E-state index contributed by atoms with van der Waals surface area (Å²) >= 11 is 5.73. The van der Waals surface area contributed by atoms with E-state index in [4.69, 9.17) is 20.4 Å². The van der Waals surface area contributed by atoms with E-state index in [0.717, 1.165) is 36.0 Å². The van der Waals surface area contributed by atoms with Gasteiger partial charge in [-0.3, -0.25) is 4.79 Å². The van der Waals surface area contributed by atoms with E-state index in [-0.39, 0.29) is 16.9 Å². The Morgan fingerprint density at radius 3 is 2.80 bits per heavy atom. The van der Waals surface area contributed by atoms with Crippen LogP contribution in [0.25, 0.3) is 11.0 Å². The number of rotatable bonds is 3. The predicted molar refractivity (Wildman–Crippen MR) is 97.4 cm³/mol. The van der Waals surface area contributed by atoms with Crippen molar-refractivity contribution >= 4 is 34.2 Å². The Balaban J connectivity index is 1.64. The molecule has 1 aliphatic carbocycles. The number of benzene rings is 1. The van der Waals surface area contributed by atoms with E-state index in [1.165, 1.54) is 5.56 Å². The number of amides is 1. The van der Waals surface area contributed by atoms with E-state index in [1.807, 2.05) is 18.2 Å². The quantitative estimate of drug-likeness (QED) is 0.756. The summed E-state index contributed by atoms with van der Waals surface area (Å²) in [6.45, 7) is 0. The normalized spacial score (nSPS) is 17.0. The molecule has 3 aromatic rings. The third-order valence-corrected chi connectivity index (χ3v) is 5.01. The molecule has 0 radical (unpaired) electrons. The monoisotopic (exact) mass is 358 g/mol. The molecule has 1 aromatic carbocycles. The minimum atomic E-state index is -0.324. The van der Waals surface area contributed by atoms with Crippen molar-refractivity contribution in [2.24, 2.45) is 0 Å². The molecule has 0 aliphatic heterocycles. The summed E-state index contributed by atoms with van der Waals surface area (Å²) in [4.78, 5) is 14.5. The van der Waals surface area contributed by atoms with Gasteiger partial charge in [0.2, 0.25) is 0 Å². The Bertz CT molecular complexity index is 941. The maximum absolute atomic E-state index is 12.2. The molecule has 0 fully saturated rings. The number of hydrogen-bond acceptors (Lipinski definition) is 4. The lowest BCUT2D eigenvalue weighted by molar-refractivity contribution is 0.0997. The van der Waals surface area contributed by atoms with Crippen LogP contribution in [0.5, 0.6) is 0 Å². The molecule has 0 spiro atoms. The lowest BCUT2D eigenvalue weighted by Gasteiger charge is -2.27. The molecule has 1 aliphatic rings. The van der Waals surface area contributed by atoms with Crippen molar-refractivity contribution < 1.29 is 13.6 Å². The highest BCUT2D eigenvalue weighted by molar-refractivity contribution is 6.29. The van der Waals surface area contributed by atoms with E-state index >= 15 is 0 Å². The van der Waals surface area contributed by atoms with Gasteiger partial charge in [0.25, 0.3) is 5.91 Å². The van der Waals surface area contributed by atoms with Crippen LogP contribution >= 0.6 is 11.6 Å². The number of furan rings is 2. The highest BCUT2D eigenvalue weighted by atomic mass is 35.5. The van der Waals surface area contributed by atoms with E-state index in [0.29, 0.717) is 11.7 Å². The number of carbonyl (C=O) groups is 1. The Labute approximate surface area is 150 Å². The van der Waals surface area contributed by atoms with Crippen LogP contribution in [0.4, 0.5) is 5.69 Å². The van der Waals surface area contributed by atoms with E-state index in [1.54, 1.807) is 12.1 Å². The zero-order valence-electron chi connectivity index (χ0n) is 14.1. The molecule has 1 N–H and O–H groups in total. The van der Waals surface area contributed by atoms with Crippen LogP contribution in [0, 0.1) is 0 Å². The fraction of sp³-hybridized carbons (Fsp3) is 0.316. The van der Waals surface area contributed by atoms with Crippen LogP contribution in [-0.4, -0.2) is 30.9 Å². The topological polar surface area (TPSA) is 58.6 Å². The summed E-state index contributed by atoms with van der Waals surface area (Å²) in [5.41, 5.74) is 2.82. The van der Waals surface area contributed by atoms with Crippen molar-refractivity contribution in [2.45, 2.75) is 25.3 Å². The molecule has 0 saturated heterocycles. The van der Waals surface area contributed by atoms with E-state index < -0.39 is 0 Å². The molecule has 1 atom stereocenters. The zero-order valence-corrected chi connectivity index (χ0v) is 14.9. The largest absolute Gasteiger partial charge is 0.461 e. The minimum absolute atomic E-state index is 0.187. The average molecular weight is 359 g/mol. The molecule has 0 saturated carbocycles. The van der Waals surface area contributed by atoms with Gasteiger partial charge in [0.15, 0.2) is 11.0 Å². The predicted octanol–water partition coefficient (Wildman–Crippen LogP) is 4.35. The molecule has 1 amide bonds. The number of hydrogen-bond donors (Lipinski definition) is 1. The molecule has 4 rings (SSSR count). The van der Waals surface area contributed by atoms with Gasteiger partial charge in [0, 0.05) is 29.1 Å². The molecule has 25 heavy (non-hydrogen) atoms. The van der Waals surface area contributed by atoms with Gasteiger partial charge in [-0.15, -0.1) is 0 Å². The number of aryl methyl sites for hydroxylation is 1. The first-order chi connectivity index (χ1) is 12.0. The fourth-order valence-corrected chi connectivity index (χ4v) is 3.55. The molecule has 0 bridgehead atoms. The smallest absolute Gasteiger partial charge is 0.291 e. The highest BCUT2D eigenvalue weighted by Crippen LogP contribution is 2.34. The number of carbonyl (C=O) groups excluding carboxylic acids is 1. The first kappa shape index (κ1) is 16.2. The maximum atomic E-state index is 12.2. The van der Waals surface area contributed by atoms with Crippen LogP contribution in [0.2, 0.25) is 5.22 Å². The number of nitrogens with zero attached hydrogens (tertiary/aromatic N) is 1. The van der Waals surface area contributed by atoms with Gasteiger partial charge >= 0.3 is 0 Å². The lowest BCUT2D eigenvalue weighted by atomic mass is 9.91. The van der Waals surface area contributed by atoms with Gasteiger partial charge < -0.3 is 19.1 Å². The van der Waals surface area contributed by atoms with Crippen LogP contribution in [-0.2, 0) is 12.8 Å². The molecule has 5 nitrogen and oxygen atoms in total. The molecular formula is C19H19ClN2O3. The van der Waals surface area contributed by atoms with Gasteiger partial charge in [-0.2, -0.15) is 0 Å². The number of halogens is 1. The van der Waals surface area contributed by atoms with Gasteiger partial charge in [0.1, 0.15) is 11.3 Å². The molecule has 2 heterocycles. The van der Waals surface area contributed by atoms with Crippen molar-refractivity contribution in [3.05, 3.63) is 52.6 Å². The van der Waals surface area contributed by atoms with Crippen LogP contribution in [0.15, 0.2) is 39.2 Å². The number of anilines is 1. The average Bonchev–Trinajstić information content (AvgIpc) is 3.17. The second-order valence-electron chi connectivity index (χ2n) is 6.63. The van der Waals surface area contributed by atoms with Crippen LogP contribution in [0.3, 0.4) is 0 Å². The third-order valence-electron chi connectivity index (χ3n) is 4.80. The van der Waals surface area contributed by atoms with Crippen LogP contribution < -0.4 is 5.32 Å². The Morgan fingerprint density at radius 1 is 1.24 bits per heavy atom. The SMILES string of the molecule is CN(C)C1CCc2oc3ccc(NC(=O)c4ccc(Cl)o4)cc3c2C1. The lowest BCUT2D eigenvalue weighted by Crippen LogP contribution is -2.33. The van der Waals surface area contributed by atoms with E-state index in [2.05, 4.69) is 24.3 Å². The van der Waals surface area contributed by atoms with Gasteiger partial charge in [-0.25, -0.2) is 0 Å². The number of fused-ring (bicyclic) bond motifs is 3. The fourth-order valence-electron chi connectivity index (χ4n) is 3.41. The summed E-state index contributed by atoms with van der Waals surface area (Å²) in [5.74, 6) is 0.927. The standard InChI is InChI=1S/C19H19ClN2O3/c1-22(2)12-4-6-16-14(10-12)13-9-11(3-5-15(13)24-16)21-19(23)17-7-8-18(20)25-17/h3,5,7-9,12H,4,6,10H2,1-2H3,(H,21,23). The van der Waals surface area contributed by atoms with Crippen molar-refractivity contribution in [2.75, 3.05) is 19.4 Å². The highest BCUT2D eigenvalue weighted by Gasteiger charge is 2.25. The molecule has 130 valence electrons. The summed E-state index contributed by atoms with van der Waals surface area (Å²) < 4.78 is 11.1. The number of likely N-dealkylation sites (N-methyl/N-ethyl adjacent to an activating group) is 1. The molecule has 1 unspecified atom stereocenters. The Morgan fingerprint density at radius 2 is 2.08 bits per heavy atom. The maximum Gasteiger partial charge on any atom is 0.291 e. The van der Waals surface area contributed by atoms with E-state index in [9.17, 15) is 4.79 Å². The van der Waals surface area contributed by atoms with Crippen molar-refractivity contribution in [3.8, 4) is 0 Å². The summed E-state index contributed by atoms with van der Waals surface area (Å²) in [5, 5.41) is 4.11. The zero-order chi connectivity index (χ0) is 17.6. The first-order valence-electron chi connectivity index (χ1n) is 8.28. The van der Waals surface area contributed by atoms with Crippen molar-refractivity contribution in [1.82, 2.24) is 4.90 Å². The summed E-state index contributed by atoms with van der Waals surface area (Å²) in [7, 11) is 4.22. The molecule has 6 heteroatoms. The number of nitrogens with one attached hydrogen (secondary N) is 1. The first-order valence-corrected chi connectivity index (χ1v) is 8.66. The van der Waals surface area contributed by atoms with Crippen LogP contribution in [0.1, 0.15) is 28.3 Å². The molecular weight excluding hydrogens is 340 g/mol.